The molecule has 10 heteroatoms. The van der Waals surface area contributed by atoms with E-state index in [4.69, 9.17) is 24.5 Å². The summed E-state index contributed by atoms with van der Waals surface area (Å²) in [6, 6.07) is 0. The summed E-state index contributed by atoms with van der Waals surface area (Å²) in [5.74, 6) is -0.613. The lowest BCUT2D eigenvalue weighted by Crippen LogP contribution is -2.33. The SMILES string of the molecule is [N-]=[N+]=NCCOCCOCCOCCOCCN1C(=O)C=CC1=O. The van der Waals surface area contributed by atoms with E-state index in [1.54, 1.807) is 0 Å². The first-order chi connectivity index (χ1) is 11.8. The molecule has 1 heterocycles. The zero-order valence-electron chi connectivity index (χ0n) is 13.5. The quantitative estimate of drug-likeness (QED) is 0.138. The molecule has 134 valence electrons. The van der Waals surface area contributed by atoms with Gasteiger partial charge in [0.25, 0.3) is 11.8 Å². The second-order valence-electron chi connectivity index (χ2n) is 4.57. The molecule has 0 spiro atoms. The molecule has 0 saturated carbocycles. The summed E-state index contributed by atoms with van der Waals surface area (Å²) in [6.45, 7) is 3.78. The van der Waals surface area contributed by atoms with Crippen LogP contribution in [0, 0.1) is 0 Å². The highest BCUT2D eigenvalue weighted by molar-refractivity contribution is 6.12. The predicted octanol–water partition coefficient (Wildman–Crippen LogP) is 0.288. The number of hydrogen-bond acceptors (Lipinski definition) is 7. The number of ether oxygens (including phenoxy) is 4. The van der Waals surface area contributed by atoms with Crippen LogP contribution < -0.4 is 0 Å². The van der Waals surface area contributed by atoms with Gasteiger partial charge in [-0.15, -0.1) is 0 Å². The number of carbonyl (C=O) groups is 2. The first kappa shape index (κ1) is 20.1. The molecular weight excluding hydrogens is 320 g/mol. The average molecular weight is 342 g/mol. The van der Waals surface area contributed by atoms with Crippen LogP contribution in [-0.4, -0.2) is 82.7 Å². The molecule has 0 aromatic heterocycles. The Kier molecular flexibility index (Phi) is 11.3. The lowest BCUT2D eigenvalue weighted by atomic mass is 10.5. The molecule has 0 aromatic carbocycles. The van der Waals surface area contributed by atoms with Crippen LogP contribution in [-0.2, 0) is 28.5 Å². The molecule has 0 N–H and O–H groups in total. The number of hydrogen-bond donors (Lipinski definition) is 0. The van der Waals surface area contributed by atoms with Crippen molar-refractivity contribution in [1.82, 2.24) is 4.90 Å². The molecule has 24 heavy (non-hydrogen) atoms. The van der Waals surface area contributed by atoms with E-state index in [-0.39, 0.29) is 25.0 Å². The van der Waals surface area contributed by atoms with Crippen LogP contribution in [0.25, 0.3) is 10.4 Å². The van der Waals surface area contributed by atoms with E-state index < -0.39 is 0 Å². The number of azide groups is 1. The molecule has 0 radical (unpaired) electrons. The molecule has 1 rings (SSSR count). The topological polar surface area (TPSA) is 123 Å². The molecule has 0 bridgehead atoms. The van der Waals surface area contributed by atoms with Crippen LogP contribution in [0.1, 0.15) is 0 Å². The van der Waals surface area contributed by atoms with Crippen LogP contribution in [0.4, 0.5) is 0 Å². The van der Waals surface area contributed by atoms with Gasteiger partial charge < -0.3 is 18.9 Å². The van der Waals surface area contributed by atoms with Crippen molar-refractivity contribution in [1.29, 1.82) is 0 Å². The fourth-order valence-electron chi connectivity index (χ4n) is 1.72. The summed E-state index contributed by atoms with van der Waals surface area (Å²) in [6.07, 6.45) is 2.49. The number of nitrogens with zero attached hydrogens (tertiary/aromatic N) is 4. The standard InChI is InChI=1S/C14H22N4O6/c15-17-16-3-5-21-7-9-23-11-12-24-10-8-22-6-4-18-13(19)1-2-14(18)20/h1-2H,3-12H2. The molecule has 0 aliphatic carbocycles. The Labute approximate surface area is 139 Å². The van der Waals surface area contributed by atoms with E-state index in [0.29, 0.717) is 52.8 Å². The van der Waals surface area contributed by atoms with E-state index in [1.807, 2.05) is 0 Å². The lowest BCUT2D eigenvalue weighted by Gasteiger charge is -2.13. The third kappa shape index (κ3) is 9.23. The van der Waals surface area contributed by atoms with Crippen molar-refractivity contribution in [3.63, 3.8) is 0 Å². The number of carbonyl (C=O) groups excluding carboxylic acids is 2. The Hall–Kier alpha value is -1.97. The van der Waals surface area contributed by atoms with Gasteiger partial charge in [-0.25, -0.2) is 0 Å². The minimum absolute atomic E-state index is 0.244. The van der Waals surface area contributed by atoms with Gasteiger partial charge in [-0.05, 0) is 5.53 Å². The largest absolute Gasteiger partial charge is 0.379 e. The second kappa shape index (κ2) is 13.5. The van der Waals surface area contributed by atoms with E-state index in [2.05, 4.69) is 10.0 Å². The Balaban J connectivity index is 1.77. The van der Waals surface area contributed by atoms with Gasteiger partial charge in [0.2, 0.25) is 0 Å². The van der Waals surface area contributed by atoms with Crippen molar-refractivity contribution < 1.29 is 28.5 Å². The first-order valence-corrected chi connectivity index (χ1v) is 7.61. The minimum atomic E-state index is -0.307. The van der Waals surface area contributed by atoms with Crippen molar-refractivity contribution >= 4 is 11.8 Å². The van der Waals surface area contributed by atoms with Gasteiger partial charge in [0.05, 0.1) is 59.4 Å². The van der Waals surface area contributed by atoms with Crippen molar-refractivity contribution in [2.45, 2.75) is 0 Å². The summed E-state index contributed by atoms with van der Waals surface area (Å²) in [5, 5.41) is 3.33. The van der Waals surface area contributed by atoms with Crippen molar-refractivity contribution in [3.8, 4) is 0 Å². The third-order valence-electron chi connectivity index (χ3n) is 2.87. The molecular formula is C14H22N4O6. The minimum Gasteiger partial charge on any atom is -0.379 e. The Morgan fingerprint density at radius 3 is 1.79 bits per heavy atom. The third-order valence-corrected chi connectivity index (χ3v) is 2.87. The maximum atomic E-state index is 11.3. The lowest BCUT2D eigenvalue weighted by molar-refractivity contribution is -0.137. The smallest absolute Gasteiger partial charge is 0.253 e. The average Bonchev–Trinajstić information content (AvgIpc) is 2.90. The van der Waals surface area contributed by atoms with Gasteiger partial charge in [0, 0.05) is 23.6 Å². The van der Waals surface area contributed by atoms with Gasteiger partial charge in [-0.3, -0.25) is 14.5 Å². The molecule has 0 atom stereocenters. The van der Waals surface area contributed by atoms with Gasteiger partial charge in [-0.2, -0.15) is 0 Å². The summed E-state index contributed by atoms with van der Waals surface area (Å²) in [7, 11) is 0. The first-order valence-electron chi connectivity index (χ1n) is 7.61. The normalized spacial score (nSPS) is 13.6. The predicted molar refractivity (Wildman–Crippen MR) is 83.1 cm³/mol. The van der Waals surface area contributed by atoms with Gasteiger partial charge in [-0.1, -0.05) is 5.11 Å². The number of amides is 2. The summed E-state index contributed by atoms with van der Waals surface area (Å²) in [4.78, 5) is 26.3. The van der Waals surface area contributed by atoms with Gasteiger partial charge in [0.15, 0.2) is 0 Å². The number of rotatable bonds is 15. The molecule has 0 unspecified atom stereocenters. The molecule has 2 amide bonds. The van der Waals surface area contributed by atoms with Crippen LogP contribution >= 0.6 is 0 Å². The molecule has 0 saturated heterocycles. The summed E-state index contributed by atoms with van der Waals surface area (Å²) in [5.41, 5.74) is 8.05. The van der Waals surface area contributed by atoms with Crippen molar-refractivity contribution in [2.75, 3.05) is 65.9 Å². The molecule has 0 aromatic rings. The highest BCUT2D eigenvalue weighted by atomic mass is 16.6. The maximum absolute atomic E-state index is 11.3. The molecule has 1 aliphatic heterocycles. The van der Waals surface area contributed by atoms with Crippen molar-refractivity contribution in [3.05, 3.63) is 22.6 Å². The van der Waals surface area contributed by atoms with E-state index in [0.717, 1.165) is 4.90 Å². The van der Waals surface area contributed by atoms with Crippen molar-refractivity contribution in [2.24, 2.45) is 5.11 Å². The fraction of sp³-hybridized carbons (Fsp3) is 0.714. The van der Waals surface area contributed by atoms with E-state index >= 15 is 0 Å². The van der Waals surface area contributed by atoms with Gasteiger partial charge >= 0.3 is 0 Å². The molecule has 0 fully saturated rings. The zero-order chi connectivity index (χ0) is 17.5. The molecule has 1 aliphatic rings. The maximum Gasteiger partial charge on any atom is 0.253 e. The van der Waals surface area contributed by atoms with Crippen LogP contribution in [0.15, 0.2) is 17.3 Å². The van der Waals surface area contributed by atoms with Crippen LogP contribution in [0.3, 0.4) is 0 Å². The Bertz CT molecular complexity index is 446. The highest BCUT2D eigenvalue weighted by Crippen LogP contribution is 2.02. The second-order valence-corrected chi connectivity index (χ2v) is 4.57. The van der Waals surface area contributed by atoms with E-state index in [1.165, 1.54) is 12.2 Å². The highest BCUT2D eigenvalue weighted by Gasteiger charge is 2.22. The monoisotopic (exact) mass is 342 g/mol. The summed E-state index contributed by atoms with van der Waals surface area (Å²) >= 11 is 0. The van der Waals surface area contributed by atoms with Gasteiger partial charge in [0.1, 0.15) is 0 Å². The molecule has 10 nitrogen and oxygen atoms in total. The zero-order valence-corrected chi connectivity index (χ0v) is 13.5. The van der Waals surface area contributed by atoms with Crippen LogP contribution in [0.5, 0.6) is 0 Å². The fourth-order valence-corrected chi connectivity index (χ4v) is 1.72. The Morgan fingerprint density at radius 2 is 1.29 bits per heavy atom. The summed E-state index contributed by atoms with van der Waals surface area (Å²) < 4.78 is 21.0. The Morgan fingerprint density at radius 1 is 0.833 bits per heavy atom. The number of imide groups is 1. The van der Waals surface area contributed by atoms with Crippen LogP contribution in [0.2, 0.25) is 0 Å². The van der Waals surface area contributed by atoms with E-state index in [9.17, 15) is 9.59 Å².